The Bertz CT molecular complexity index is 1100. The molecule has 3 N–H and O–H groups in total. The fraction of sp³-hybridized carbons (Fsp3) is 0.0500. The minimum Gasteiger partial charge on any atom is -0.507 e. The van der Waals surface area contributed by atoms with Gasteiger partial charge in [0.15, 0.2) is 5.78 Å². The molecule has 6 heteroatoms. The van der Waals surface area contributed by atoms with Crippen LogP contribution in [0.1, 0.15) is 37.4 Å². The summed E-state index contributed by atoms with van der Waals surface area (Å²) in [5.41, 5.74) is 0.670. The molecular weight excluding hydrogens is 334 g/mol. The van der Waals surface area contributed by atoms with Crippen molar-refractivity contribution >= 4 is 11.6 Å². The topological polar surface area (TPSA) is 108 Å². The highest BCUT2D eigenvalue weighted by Gasteiger charge is 2.36. The fourth-order valence-corrected chi connectivity index (χ4v) is 3.32. The van der Waals surface area contributed by atoms with Gasteiger partial charge in [-0.3, -0.25) is 14.6 Å². The van der Waals surface area contributed by atoms with E-state index in [1.165, 1.54) is 30.6 Å². The molecular formula is C20H13NO5. The molecule has 1 aromatic heterocycles. The fourth-order valence-electron chi connectivity index (χ4n) is 3.32. The Balaban J connectivity index is 2.04. The van der Waals surface area contributed by atoms with E-state index in [0.717, 1.165) is 0 Å². The van der Waals surface area contributed by atoms with Crippen LogP contribution in [0.2, 0.25) is 0 Å². The van der Waals surface area contributed by atoms with Crippen molar-refractivity contribution in [3.8, 4) is 28.4 Å². The van der Waals surface area contributed by atoms with Crippen LogP contribution in [0.3, 0.4) is 0 Å². The lowest BCUT2D eigenvalue weighted by Gasteiger charge is -2.22. The number of phenolic OH excluding ortho intramolecular Hbond substituents is 3. The largest absolute Gasteiger partial charge is 0.507 e. The Hall–Kier alpha value is -3.67. The molecule has 0 saturated heterocycles. The van der Waals surface area contributed by atoms with Crippen LogP contribution in [0.15, 0.2) is 42.7 Å². The summed E-state index contributed by atoms with van der Waals surface area (Å²) in [4.78, 5) is 29.6. The van der Waals surface area contributed by atoms with Gasteiger partial charge in [0.2, 0.25) is 5.78 Å². The minimum atomic E-state index is -0.667. The van der Waals surface area contributed by atoms with E-state index in [4.69, 9.17) is 0 Å². The third kappa shape index (κ3) is 2.09. The lowest BCUT2D eigenvalue weighted by atomic mass is 9.80. The van der Waals surface area contributed by atoms with Gasteiger partial charge in [-0.2, -0.15) is 0 Å². The molecule has 26 heavy (non-hydrogen) atoms. The molecule has 3 aromatic rings. The SMILES string of the molecule is Cc1cc(O)c2c(c1)C(=O)c1cc(O)c(-c3ccncc3)c(O)c1C2=O. The van der Waals surface area contributed by atoms with Crippen LogP contribution in [0.25, 0.3) is 11.1 Å². The van der Waals surface area contributed by atoms with Gasteiger partial charge in [0, 0.05) is 23.5 Å². The maximum atomic E-state index is 12.9. The van der Waals surface area contributed by atoms with Gasteiger partial charge in [0.1, 0.15) is 17.2 Å². The summed E-state index contributed by atoms with van der Waals surface area (Å²) in [6.45, 7) is 1.69. The van der Waals surface area contributed by atoms with Crippen LogP contribution >= 0.6 is 0 Å². The Labute approximate surface area is 148 Å². The second-order valence-electron chi connectivity index (χ2n) is 6.14. The van der Waals surface area contributed by atoms with Crippen LogP contribution in [0, 0.1) is 6.92 Å². The number of benzene rings is 2. The van der Waals surface area contributed by atoms with Crippen LogP contribution in [0.4, 0.5) is 0 Å². The molecule has 2 aromatic carbocycles. The zero-order valence-electron chi connectivity index (χ0n) is 13.6. The molecule has 0 spiro atoms. The van der Waals surface area contributed by atoms with Crippen LogP contribution < -0.4 is 0 Å². The number of nitrogens with zero attached hydrogens (tertiary/aromatic N) is 1. The minimum absolute atomic E-state index is 0.0300. The predicted octanol–water partition coefficient (Wildman–Crippen LogP) is 2.95. The number of aromatic hydroxyl groups is 3. The third-order valence-electron chi connectivity index (χ3n) is 4.45. The zero-order chi connectivity index (χ0) is 18.6. The molecule has 0 bridgehead atoms. The van der Waals surface area contributed by atoms with Crippen molar-refractivity contribution in [2.45, 2.75) is 6.92 Å². The summed E-state index contributed by atoms with van der Waals surface area (Å²) in [5.74, 6) is -2.36. The van der Waals surface area contributed by atoms with E-state index in [1.807, 2.05) is 0 Å². The molecule has 0 amide bonds. The summed E-state index contributed by atoms with van der Waals surface area (Å²) in [5, 5.41) is 31.2. The van der Waals surface area contributed by atoms with Gasteiger partial charge in [-0.1, -0.05) is 0 Å². The molecule has 0 radical (unpaired) electrons. The number of phenols is 3. The highest BCUT2D eigenvalue weighted by Crippen LogP contribution is 2.45. The molecule has 1 aliphatic rings. The Kier molecular flexibility index (Phi) is 3.30. The van der Waals surface area contributed by atoms with Crippen molar-refractivity contribution in [2.24, 2.45) is 0 Å². The number of rotatable bonds is 1. The standard InChI is InChI=1S/C20H13NO5/c1-9-6-11-16(13(22)7-9)20(26)17-12(18(11)24)8-14(23)15(19(17)25)10-2-4-21-5-3-10/h2-8,22-23,25H,1H3. The lowest BCUT2D eigenvalue weighted by Crippen LogP contribution is -2.21. The van der Waals surface area contributed by atoms with Crippen molar-refractivity contribution in [3.05, 3.63) is 70.5 Å². The number of aromatic nitrogens is 1. The van der Waals surface area contributed by atoms with Gasteiger partial charge in [-0.15, -0.1) is 0 Å². The smallest absolute Gasteiger partial charge is 0.201 e. The maximum Gasteiger partial charge on any atom is 0.201 e. The molecule has 0 aliphatic heterocycles. The lowest BCUT2D eigenvalue weighted by molar-refractivity contribution is 0.0974. The van der Waals surface area contributed by atoms with Crippen molar-refractivity contribution in [2.75, 3.05) is 0 Å². The van der Waals surface area contributed by atoms with Gasteiger partial charge in [0.25, 0.3) is 0 Å². The average Bonchev–Trinajstić information content (AvgIpc) is 2.59. The number of pyridine rings is 1. The van der Waals surface area contributed by atoms with Crippen LogP contribution in [0.5, 0.6) is 17.2 Å². The third-order valence-corrected chi connectivity index (χ3v) is 4.45. The number of carbonyl (C=O) groups excluding carboxylic acids is 2. The second kappa shape index (κ2) is 5.42. The van der Waals surface area contributed by atoms with Crippen molar-refractivity contribution < 1.29 is 24.9 Å². The van der Waals surface area contributed by atoms with Gasteiger partial charge in [-0.25, -0.2) is 0 Å². The van der Waals surface area contributed by atoms with Gasteiger partial charge in [-0.05, 0) is 48.4 Å². The average molecular weight is 347 g/mol. The molecule has 1 aliphatic carbocycles. The first-order valence-corrected chi connectivity index (χ1v) is 7.82. The highest BCUT2D eigenvalue weighted by atomic mass is 16.3. The normalized spacial score (nSPS) is 12.7. The van der Waals surface area contributed by atoms with E-state index < -0.39 is 17.3 Å². The van der Waals surface area contributed by atoms with Crippen molar-refractivity contribution in [3.63, 3.8) is 0 Å². The first-order chi connectivity index (χ1) is 12.4. The molecule has 0 saturated carbocycles. The molecule has 0 fully saturated rings. The van der Waals surface area contributed by atoms with E-state index >= 15 is 0 Å². The summed E-state index contributed by atoms with van der Waals surface area (Å²) >= 11 is 0. The molecule has 1 heterocycles. The van der Waals surface area contributed by atoms with Gasteiger partial charge < -0.3 is 15.3 Å². The number of fused-ring (bicyclic) bond motifs is 2. The molecule has 0 atom stereocenters. The Morgan fingerprint density at radius 2 is 1.38 bits per heavy atom. The predicted molar refractivity (Wildman–Crippen MR) is 92.7 cm³/mol. The summed E-state index contributed by atoms with van der Waals surface area (Å²) in [6, 6.07) is 7.18. The molecule has 0 unspecified atom stereocenters. The first kappa shape index (κ1) is 15.8. The van der Waals surface area contributed by atoms with Crippen molar-refractivity contribution in [1.82, 2.24) is 4.98 Å². The second-order valence-corrected chi connectivity index (χ2v) is 6.14. The highest BCUT2D eigenvalue weighted by molar-refractivity contribution is 6.31. The van der Waals surface area contributed by atoms with Gasteiger partial charge >= 0.3 is 0 Å². The van der Waals surface area contributed by atoms with E-state index in [2.05, 4.69) is 4.98 Å². The summed E-state index contributed by atoms with van der Waals surface area (Å²) in [6.07, 6.45) is 2.95. The summed E-state index contributed by atoms with van der Waals surface area (Å²) < 4.78 is 0. The Morgan fingerprint density at radius 1 is 0.769 bits per heavy atom. The number of ketones is 2. The zero-order valence-corrected chi connectivity index (χ0v) is 13.6. The van der Waals surface area contributed by atoms with E-state index in [9.17, 15) is 24.9 Å². The maximum absolute atomic E-state index is 12.9. The van der Waals surface area contributed by atoms with Crippen molar-refractivity contribution in [1.29, 1.82) is 0 Å². The van der Waals surface area contributed by atoms with E-state index in [1.54, 1.807) is 19.1 Å². The van der Waals surface area contributed by atoms with E-state index in [0.29, 0.717) is 11.1 Å². The molecule has 4 rings (SSSR count). The van der Waals surface area contributed by atoms with Crippen LogP contribution in [-0.2, 0) is 0 Å². The van der Waals surface area contributed by atoms with Crippen LogP contribution in [-0.4, -0.2) is 31.9 Å². The van der Waals surface area contributed by atoms with E-state index in [-0.39, 0.29) is 39.3 Å². The Morgan fingerprint density at radius 3 is 2.08 bits per heavy atom. The quantitative estimate of drug-likeness (QED) is 0.489. The van der Waals surface area contributed by atoms with Gasteiger partial charge in [0.05, 0.1) is 16.7 Å². The number of hydrogen-bond acceptors (Lipinski definition) is 6. The summed E-state index contributed by atoms with van der Waals surface area (Å²) in [7, 11) is 0. The number of aryl methyl sites for hydroxylation is 1. The monoisotopic (exact) mass is 347 g/mol. The first-order valence-electron chi connectivity index (χ1n) is 7.82. The molecule has 6 nitrogen and oxygen atoms in total. The molecule has 128 valence electrons. The number of hydrogen-bond donors (Lipinski definition) is 3. The number of carbonyl (C=O) groups is 2.